The number of carbonyl (C=O) groups is 2. The molecule has 3 N–H and O–H groups in total. The first-order chi connectivity index (χ1) is 8.50. The number of hydrogen-bond donors (Lipinski definition) is 3. The van der Waals surface area contributed by atoms with Gasteiger partial charge in [-0.3, -0.25) is 4.79 Å². The number of amides is 1. The summed E-state index contributed by atoms with van der Waals surface area (Å²) in [7, 11) is 0. The van der Waals surface area contributed by atoms with E-state index in [0.717, 1.165) is 11.1 Å². The summed E-state index contributed by atoms with van der Waals surface area (Å²) in [5, 5.41) is 20.6. The Morgan fingerprint density at radius 2 is 2.06 bits per heavy atom. The average molecular weight is 249 g/mol. The fourth-order valence-corrected chi connectivity index (χ4v) is 2.14. The summed E-state index contributed by atoms with van der Waals surface area (Å²) >= 11 is 0. The van der Waals surface area contributed by atoms with Gasteiger partial charge in [-0.25, -0.2) is 4.79 Å². The minimum Gasteiger partial charge on any atom is -0.480 e. The molecule has 5 nitrogen and oxygen atoms in total. The van der Waals surface area contributed by atoms with Crippen molar-refractivity contribution in [1.29, 1.82) is 0 Å². The molecule has 18 heavy (non-hydrogen) atoms. The largest absolute Gasteiger partial charge is 0.480 e. The Balaban J connectivity index is 2.04. The number of aliphatic hydroxyl groups is 1. The van der Waals surface area contributed by atoms with E-state index in [1.165, 1.54) is 6.92 Å². The molecule has 0 fully saturated rings. The Morgan fingerprint density at radius 1 is 1.39 bits per heavy atom. The van der Waals surface area contributed by atoms with Crippen LogP contribution in [0.4, 0.5) is 0 Å². The predicted octanol–water partition coefficient (Wildman–Crippen LogP) is 0.276. The smallest absolute Gasteiger partial charge is 0.328 e. The van der Waals surface area contributed by atoms with Crippen molar-refractivity contribution in [2.75, 3.05) is 0 Å². The van der Waals surface area contributed by atoms with Crippen LogP contribution >= 0.6 is 0 Å². The highest BCUT2D eigenvalue weighted by molar-refractivity contribution is 5.90. The van der Waals surface area contributed by atoms with Crippen LogP contribution in [0.25, 0.3) is 0 Å². The highest BCUT2D eigenvalue weighted by Gasteiger charge is 2.35. The minimum absolute atomic E-state index is 0.304. The van der Waals surface area contributed by atoms with Gasteiger partial charge >= 0.3 is 5.97 Å². The van der Waals surface area contributed by atoms with Gasteiger partial charge in [-0.1, -0.05) is 24.3 Å². The summed E-state index contributed by atoms with van der Waals surface area (Å²) in [5.41, 5.74) is 2.05. The molecule has 0 bridgehead atoms. The van der Waals surface area contributed by atoms with Gasteiger partial charge in [0.25, 0.3) is 0 Å². The Bertz CT molecular complexity index is 484. The normalized spacial score (nSPS) is 20.2. The molecule has 5 heteroatoms. The molecule has 1 aromatic rings. The number of carbonyl (C=O) groups excluding carboxylic acids is 1. The first kappa shape index (κ1) is 12.6. The van der Waals surface area contributed by atoms with Crippen molar-refractivity contribution in [2.45, 2.75) is 31.4 Å². The summed E-state index contributed by atoms with van der Waals surface area (Å²) < 4.78 is 0. The second-order valence-corrected chi connectivity index (χ2v) is 4.52. The zero-order chi connectivity index (χ0) is 13.3. The lowest BCUT2D eigenvalue weighted by Gasteiger charge is -2.30. The third kappa shape index (κ3) is 2.22. The van der Waals surface area contributed by atoms with Crippen molar-refractivity contribution in [3.05, 3.63) is 35.4 Å². The van der Waals surface area contributed by atoms with Crippen LogP contribution in [-0.2, 0) is 16.0 Å². The third-order valence-corrected chi connectivity index (χ3v) is 3.22. The third-order valence-electron chi connectivity index (χ3n) is 3.22. The topological polar surface area (TPSA) is 86.6 Å². The maximum atomic E-state index is 11.9. The molecule has 0 aromatic heterocycles. The minimum atomic E-state index is -1.26. The van der Waals surface area contributed by atoms with Crippen molar-refractivity contribution >= 4 is 11.9 Å². The Morgan fingerprint density at radius 3 is 2.61 bits per heavy atom. The number of aliphatic carboxylic acids is 1. The van der Waals surface area contributed by atoms with Crippen molar-refractivity contribution in [3.8, 4) is 0 Å². The standard InChI is InChI=1S/C13H15NO4/c1-7(15)11(13(17)18)14-12(16)10-6-8-4-2-3-5-9(8)10/h2-5,7,10-11,15H,6H2,1H3,(H,14,16)(H,17,18)/t7-,10?,11+/m1/s1. The monoisotopic (exact) mass is 249 g/mol. The molecule has 0 heterocycles. The molecule has 1 aliphatic rings. The molecule has 2 rings (SSSR count). The molecular formula is C13H15NO4. The van der Waals surface area contributed by atoms with Crippen LogP contribution < -0.4 is 5.32 Å². The number of carboxylic acid groups (broad SMARTS) is 1. The summed E-state index contributed by atoms with van der Waals surface area (Å²) in [4.78, 5) is 22.8. The highest BCUT2D eigenvalue weighted by Crippen LogP contribution is 2.34. The molecule has 1 amide bonds. The van der Waals surface area contributed by atoms with E-state index in [-0.39, 0.29) is 11.8 Å². The van der Waals surface area contributed by atoms with E-state index in [4.69, 9.17) is 5.11 Å². The van der Waals surface area contributed by atoms with Crippen LogP contribution in [0.3, 0.4) is 0 Å². The Kier molecular flexibility index (Phi) is 3.34. The second kappa shape index (κ2) is 4.78. The van der Waals surface area contributed by atoms with E-state index < -0.39 is 18.1 Å². The molecule has 0 aliphatic heterocycles. The van der Waals surface area contributed by atoms with E-state index in [1.54, 1.807) is 0 Å². The predicted molar refractivity (Wildman–Crippen MR) is 64.1 cm³/mol. The summed E-state index contributed by atoms with van der Waals surface area (Å²) in [6.07, 6.45) is -0.504. The highest BCUT2D eigenvalue weighted by atomic mass is 16.4. The SMILES string of the molecule is C[C@@H](O)[C@H](NC(=O)C1Cc2ccccc21)C(=O)O. The van der Waals surface area contributed by atoms with Gasteiger partial charge in [-0.2, -0.15) is 0 Å². The molecule has 0 saturated carbocycles. The molecule has 0 radical (unpaired) electrons. The number of hydrogen-bond acceptors (Lipinski definition) is 3. The van der Waals surface area contributed by atoms with Gasteiger partial charge in [0.2, 0.25) is 5.91 Å². The molecule has 1 unspecified atom stereocenters. The van der Waals surface area contributed by atoms with Gasteiger partial charge < -0.3 is 15.5 Å². The van der Waals surface area contributed by atoms with Gasteiger partial charge in [0.1, 0.15) is 0 Å². The maximum absolute atomic E-state index is 11.9. The van der Waals surface area contributed by atoms with Crippen LogP contribution in [-0.4, -0.2) is 34.2 Å². The first-order valence-electron chi connectivity index (χ1n) is 5.79. The number of nitrogens with one attached hydrogen (secondary N) is 1. The van der Waals surface area contributed by atoms with Crippen LogP contribution in [0.5, 0.6) is 0 Å². The van der Waals surface area contributed by atoms with Crippen LogP contribution in [0.15, 0.2) is 24.3 Å². The zero-order valence-electron chi connectivity index (χ0n) is 9.96. The molecule has 0 spiro atoms. The first-order valence-corrected chi connectivity index (χ1v) is 5.79. The second-order valence-electron chi connectivity index (χ2n) is 4.52. The van der Waals surface area contributed by atoms with Gasteiger partial charge in [-0.15, -0.1) is 0 Å². The Labute approximate surface area is 104 Å². The zero-order valence-corrected chi connectivity index (χ0v) is 9.96. The molecular weight excluding hydrogens is 234 g/mol. The molecule has 1 aromatic carbocycles. The van der Waals surface area contributed by atoms with E-state index in [1.807, 2.05) is 24.3 Å². The van der Waals surface area contributed by atoms with Crippen LogP contribution in [0.2, 0.25) is 0 Å². The summed E-state index contributed by atoms with van der Waals surface area (Å²) in [6.45, 7) is 1.34. The number of aliphatic hydroxyl groups excluding tert-OH is 1. The lowest BCUT2D eigenvalue weighted by Crippen LogP contribution is -2.50. The van der Waals surface area contributed by atoms with Crippen LogP contribution in [0.1, 0.15) is 24.0 Å². The van der Waals surface area contributed by atoms with Gasteiger partial charge in [0, 0.05) is 0 Å². The van der Waals surface area contributed by atoms with E-state index in [2.05, 4.69) is 5.32 Å². The van der Waals surface area contributed by atoms with Crippen molar-refractivity contribution in [2.24, 2.45) is 0 Å². The lowest BCUT2D eigenvalue weighted by molar-refractivity contribution is -0.145. The number of fused-ring (bicyclic) bond motifs is 1. The van der Waals surface area contributed by atoms with E-state index in [9.17, 15) is 14.7 Å². The Hall–Kier alpha value is -1.88. The van der Waals surface area contributed by atoms with Crippen molar-refractivity contribution in [1.82, 2.24) is 5.32 Å². The maximum Gasteiger partial charge on any atom is 0.328 e. The molecule has 1 aliphatic carbocycles. The average Bonchev–Trinajstić information content (AvgIpc) is 2.26. The van der Waals surface area contributed by atoms with E-state index >= 15 is 0 Å². The fourth-order valence-electron chi connectivity index (χ4n) is 2.14. The number of benzene rings is 1. The molecule has 3 atom stereocenters. The molecule has 96 valence electrons. The van der Waals surface area contributed by atoms with Gasteiger partial charge in [-0.05, 0) is 24.5 Å². The number of rotatable bonds is 4. The summed E-state index contributed by atoms with van der Waals surface area (Å²) in [6, 6.07) is 6.30. The quantitative estimate of drug-likeness (QED) is 0.715. The van der Waals surface area contributed by atoms with Crippen molar-refractivity contribution in [3.63, 3.8) is 0 Å². The van der Waals surface area contributed by atoms with Crippen LogP contribution in [0, 0.1) is 0 Å². The summed E-state index contributed by atoms with van der Waals surface area (Å²) in [5.74, 6) is -1.88. The lowest BCUT2D eigenvalue weighted by atomic mass is 9.77. The number of carboxylic acids is 1. The van der Waals surface area contributed by atoms with E-state index in [0.29, 0.717) is 6.42 Å². The van der Waals surface area contributed by atoms with Gasteiger partial charge in [0.15, 0.2) is 6.04 Å². The van der Waals surface area contributed by atoms with Crippen molar-refractivity contribution < 1.29 is 19.8 Å². The fraction of sp³-hybridized carbons (Fsp3) is 0.385. The van der Waals surface area contributed by atoms with Gasteiger partial charge in [0.05, 0.1) is 12.0 Å². The molecule has 0 saturated heterocycles.